The van der Waals surface area contributed by atoms with E-state index in [-0.39, 0.29) is 18.4 Å². The van der Waals surface area contributed by atoms with Crippen LogP contribution < -0.4 is 5.32 Å². The summed E-state index contributed by atoms with van der Waals surface area (Å²) >= 11 is 0. The molecule has 0 saturated carbocycles. The van der Waals surface area contributed by atoms with Gasteiger partial charge in [-0.3, -0.25) is 14.5 Å². The minimum atomic E-state index is -0.792. The van der Waals surface area contributed by atoms with Crippen molar-refractivity contribution in [3.05, 3.63) is 0 Å². The lowest BCUT2D eigenvalue weighted by atomic mass is 10.2. The van der Waals surface area contributed by atoms with E-state index < -0.39 is 5.97 Å². The highest BCUT2D eigenvalue weighted by atomic mass is 16.4. The molecule has 0 aromatic heterocycles. The summed E-state index contributed by atoms with van der Waals surface area (Å²) in [6.45, 7) is 5.03. The van der Waals surface area contributed by atoms with Gasteiger partial charge in [-0.1, -0.05) is 13.3 Å². The van der Waals surface area contributed by atoms with Gasteiger partial charge in [0.25, 0.3) is 0 Å². The number of likely N-dealkylation sites (N-methyl/N-ethyl adjacent to an activating group) is 1. The van der Waals surface area contributed by atoms with Crippen molar-refractivity contribution < 1.29 is 14.7 Å². The average Bonchev–Trinajstić information content (AvgIpc) is 2.16. The Kier molecular flexibility index (Phi) is 8.40. The monoisotopic (exact) mass is 244 g/mol. The molecule has 0 bridgehead atoms. The van der Waals surface area contributed by atoms with E-state index in [1.165, 1.54) is 0 Å². The van der Waals surface area contributed by atoms with Gasteiger partial charge in [0.1, 0.15) is 0 Å². The lowest BCUT2D eigenvalue weighted by Gasteiger charge is -2.18. The van der Waals surface area contributed by atoms with E-state index in [0.29, 0.717) is 19.5 Å². The summed E-state index contributed by atoms with van der Waals surface area (Å²) in [5.41, 5.74) is 0. The molecule has 0 radical (unpaired) electrons. The van der Waals surface area contributed by atoms with Gasteiger partial charge in [0, 0.05) is 12.5 Å². The van der Waals surface area contributed by atoms with Gasteiger partial charge >= 0.3 is 5.97 Å². The van der Waals surface area contributed by atoms with E-state index in [4.69, 9.17) is 5.11 Å². The van der Waals surface area contributed by atoms with E-state index in [0.717, 1.165) is 12.8 Å². The molecule has 0 aliphatic carbocycles. The normalized spacial score (nSPS) is 12.5. The molecule has 5 heteroatoms. The van der Waals surface area contributed by atoms with Gasteiger partial charge in [-0.2, -0.15) is 0 Å². The molecule has 0 aromatic carbocycles. The summed E-state index contributed by atoms with van der Waals surface area (Å²) in [6, 6.07) is 0.208. The molecule has 0 aliphatic rings. The van der Waals surface area contributed by atoms with Crippen LogP contribution in [0.4, 0.5) is 0 Å². The van der Waals surface area contributed by atoms with Crippen LogP contribution in [0.15, 0.2) is 0 Å². The molecular formula is C12H24N2O3. The number of nitrogens with one attached hydrogen (secondary N) is 1. The number of carboxylic acid groups (broad SMARTS) is 1. The largest absolute Gasteiger partial charge is 0.481 e. The van der Waals surface area contributed by atoms with Crippen molar-refractivity contribution in [1.82, 2.24) is 10.2 Å². The zero-order chi connectivity index (χ0) is 13.3. The first-order valence-corrected chi connectivity index (χ1v) is 6.15. The van der Waals surface area contributed by atoms with Crippen molar-refractivity contribution in [2.45, 2.75) is 45.6 Å². The molecule has 0 saturated heterocycles. The van der Waals surface area contributed by atoms with Crippen LogP contribution in [0.5, 0.6) is 0 Å². The zero-order valence-corrected chi connectivity index (χ0v) is 11.0. The molecular weight excluding hydrogens is 220 g/mol. The average molecular weight is 244 g/mol. The highest BCUT2D eigenvalue weighted by molar-refractivity contribution is 5.78. The number of carbonyl (C=O) groups is 2. The quantitative estimate of drug-likeness (QED) is 0.637. The molecule has 0 aromatic rings. The van der Waals surface area contributed by atoms with Crippen molar-refractivity contribution in [2.24, 2.45) is 0 Å². The van der Waals surface area contributed by atoms with Crippen molar-refractivity contribution in [3.8, 4) is 0 Å². The Bertz CT molecular complexity index is 244. The summed E-state index contributed by atoms with van der Waals surface area (Å²) in [5, 5.41) is 11.4. The first-order chi connectivity index (χ1) is 7.95. The van der Waals surface area contributed by atoms with E-state index in [2.05, 4.69) is 12.2 Å². The zero-order valence-electron chi connectivity index (χ0n) is 11.0. The Morgan fingerprint density at radius 3 is 2.59 bits per heavy atom. The van der Waals surface area contributed by atoms with Gasteiger partial charge < -0.3 is 10.4 Å². The van der Waals surface area contributed by atoms with E-state index in [9.17, 15) is 9.59 Å². The van der Waals surface area contributed by atoms with Crippen molar-refractivity contribution >= 4 is 11.9 Å². The Morgan fingerprint density at radius 1 is 1.41 bits per heavy atom. The SMILES string of the molecule is CCCC(C)NC(=O)CN(C)CCCC(=O)O. The van der Waals surface area contributed by atoms with E-state index in [1.54, 1.807) is 0 Å². The lowest BCUT2D eigenvalue weighted by Crippen LogP contribution is -2.40. The third kappa shape index (κ3) is 9.81. The van der Waals surface area contributed by atoms with Crippen LogP contribution in [0.3, 0.4) is 0 Å². The number of rotatable bonds is 9. The summed E-state index contributed by atoms with van der Waals surface area (Å²) in [5.74, 6) is -0.789. The number of hydrogen-bond donors (Lipinski definition) is 2. The molecule has 1 unspecified atom stereocenters. The van der Waals surface area contributed by atoms with Crippen molar-refractivity contribution in [3.63, 3.8) is 0 Å². The van der Waals surface area contributed by atoms with Gasteiger partial charge in [0.15, 0.2) is 0 Å². The Morgan fingerprint density at radius 2 is 2.06 bits per heavy atom. The van der Waals surface area contributed by atoms with Gasteiger partial charge in [-0.15, -0.1) is 0 Å². The predicted molar refractivity (Wildman–Crippen MR) is 66.9 cm³/mol. The van der Waals surface area contributed by atoms with Crippen LogP contribution in [-0.2, 0) is 9.59 Å². The van der Waals surface area contributed by atoms with Gasteiger partial charge in [0.2, 0.25) is 5.91 Å². The first kappa shape index (κ1) is 15.9. The van der Waals surface area contributed by atoms with Crippen LogP contribution >= 0.6 is 0 Å². The minimum absolute atomic E-state index is 0.00350. The smallest absolute Gasteiger partial charge is 0.303 e. The second kappa shape index (κ2) is 8.98. The van der Waals surface area contributed by atoms with Crippen LogP contribution in [-0.4, -0.2) is 48.1 Å². The minimum Gasteiger partial charge on any atom is -0.481 e. The van der Waals surface area contributed by atoms with Crippen LogP contribution in [0.1, 0.15) is 39.5 Å². The predicted octanol–water partition coefficient (Wildman–Crippen LogP) is 1.09. The number of carboxylic acids is 1. The van der Waals surface area contributed by atoms with Gasteiger partial charge in [0.05, 0.1) is 6.54 Å². The van der Waals surface area contributed by atoms with Crippen LogP contribution in [0, 0.1) is 0 Å². The topological polar surface area (TPSA) is 69.6 Å². The molecule has 0 fully saturated rings. The lowest BCUT2D eigenvalue weighted by molar-refractivity contribution is -0.137. The second-order valence-corrected chi connectivity index (χ2v) is 4.49. The van der Waals surface area contributed by atoms with Gasteiger partial charge in [-0.05, 0) is 33.4 Å². The standard InChI is InChI=1S/C12H24N2O3/c1-4-6-10(2)13-11(15)9-14(3)8-5-7-12(16)17/h10H,4-9H2,1-3H3,(H,13,15)(H,16,17). The van der Waals surface area contributed by atoms with E-state index >= 15 is 0 Å². The summed E-state index contributed by atoms with van der Waals surface area (Å²) < 4.78 is 0. The molecule has 2 N–H and O–H groups in total. The number of aliphatic carboxylic acids is 1. The first-order valence-electron chi connectivity index (χ1n) is 6.15. The molecule has 100 valence electrons. The number of hydrogen-bond acceptors (Lipinski definition) is 3. The number of nitrogens with zero attached hydrogens (tertiary/aromatic N) is 1. The maximum absolute atomic E-state index is 11.6. The second-order valence-electron chi connectivity index (χ2n) is 4.49. The highest BCUT2D eigenvalue weighted by Crippen LogP contribution is 1.96. The summed E-state index contributed by atoms with van der Waals surface area (Å²) in [4.78, 5) is 23.7. The molecule has 5 nitrogen and oxygen atoms in total. The third-order valence-corrected chi connectivity index (χ3v) is 2.47. The molecule has 0 rings (SSSR count). The third-order valence-electron chi connectivity index (χ3n) is 2.47. The molecule has 0 heterocycles. The Balaban J connectivity index is 3.68. The van der Waals surface area contributed by atoms with Crippen molar-refractivity contribution in [2.75, 3.05) is 20.1 Å². The Labute approximate surface area is 103 Å². The maximum Gasteiger partial charge on any atom is 0.303 e. The molecule has 0 spiro atoms. The summed E-state index contributed by atoms with van der Waals surface area (Å²) in [6.07, 6.45) is 2.76. The van der Waals surface area contributed by atoms with Crippen LogP contribution in [0.25, 0.3) is 0 Å². The highest BCUT2D eigenvalue weighted by Gasteiger charge is 2.09. The number of carbonyl (C=O) groups excluding carboxylic acids is 1. The molecule has 1 atom stereocenters. The fourth-order valence-electron chi connectivity index (χ4n) is 1.65. The summed E-state index contributed by atoms with van der Waals surface area (Å²) in [7, 11) is 1.83. The van der Waals surface area contributed by atoms with E-state index in [1.807, 2.05) is 18.9 Å². The van der Waals surface area contributed by atoms with Gasteiger partial charge in [-0.25, -0.2) is 0 Å². The maximum atomic E-state index is 11.6. The Hall–Kier alpha value is -1.10. The van der Waals surface area contributed by atoms with Crippen LogP contribution in [0.2, 0.25) is 0 Å². The number of amides is 1. The van der Waals surface area contributed by atoms with Crippen molar-refractivity contribution in [1.29, 1.82) is 0 Å². The fourth-order valence-corrected chi connectivity index (χ4v) is 1.65. The molecule has 17 heavy (non-hydrogen) atoms. The fraction of sp³-hybridized carbons (Fsp3) is 0.833. The molecule has 0 aliphatic heterocycles. The molecule has 1 amide bonds.